The van der Waals surface area contributed by atoms with Gasteiger partial charge in [-0.1, -0.05) is 31.5 Å². The zero-order valence-corrected chi connectivity index (χ0v) is 29.0. The molecule has 0 aliphatic carbocycles. The van der Waals surface area contributed by atoms with Crippen LogP contribution in [-0.4, -0.2) is 64.5 Å². The van der Waals surface area contributed by atoms with E-state index >= 15 is 0 Å². The van der Waals surface area contributed by atoms with E-state index < -0.39 is 0 Å². The Morgan fingerprint density at radius 3 is 2.76 bits per heavy atom. The van der Waals surface area contributed by atoms with Gasteiger partial charge in [0.25, 0.3) is 5.56 Å². The van der Waals surface area contributed by atoms with Crippen LogP contribution in [-0.2, 0) is 37.2 Å². The number of fused-ring (bicyclic) bond motifs is 1. The second-order valence-corrected chi connectivity index (χ2v) is 13.0. The maximum Gasteiger partial charge on any atom is 0.255 e. The lowest BCUT2D eigenvalue weighted by molar-refractivity contribution is 0.190. The average Bonchev–Trinajstić information content (AvgIpc) is 3.85. The van der Waals surface area contributed by atoms with Gasteiger partial charge in [-0.25, -0.2) is 4.98 Å². The molecule has 1 atom stereocenters. The van der Waals surface area contributed by atoms with Gasteiger partial charge in [-0.05, 0) is 75.4 Å². The second-order valence-electron chi connectivity index (χ2n) is 13.0. The van der Waals surface area contributed by atoms with Crippen LogP contribution < -0.4 is 20.9 Å². The quantitative estimate of drug-likeness (QED) is 0.137. The third-order valence-corrected chi connectivity index (χ3v) is 9.75. The van der Waals surface area contributed by atoms with Crippen molar-refractivity contribution in [2.45, 2.75) is 84.5 Å². The van der Waals surface area contributed by atoms with E-state index in [1.165, 1.54) is 0 Å². The van der Waals surface area contributed by atoms with Crippen LogP contribution in [0.4, 0.5) is 11.5 Å². The van der Waals surface area contributed by atoms with Gasteiger partial charge in [0.2, 0.25) is 5.88 Å². The Kier molecular flexibility index (Phi) is 10.6. The van der Waals surface area contributed by atoms with Gasteiger partial charge in [0.05, 0.1) is 17.8 Å². The fraction of sp³-hybridized carbons (Fsp3) is 0.486. The number of hydrogen-bond donors (Lipinski definition) is 1. The molecule has 2 aliphatic heterocycles. The Bertz CT molecular complexity index is 1890. The predicted octanol–water partition coefficient (Wildman–Crippen LogP) is 5.35. The molecule has 4 aromatic rings. The molecule has 5 heterocycles. The zero-order valence-electron chi connectivity index (χ0n) is 29.0. The Morgan fingerprint density at radius 1 is 1.16 bits per heavy atom. The summed E-state index contributed by atoms with van der Waals surface area (Å²) in [7, 11) is 3.79. The average molecular weight is 667 g/mol. The van der Waals surface area contributed by atoms with Crippen LogP contribution in [0.15, 0.2) is 39.8 Å². The molecule has 2 aliphatic rings. The number of aromatic nitrogens is 4. The Morgan fingerprint density at radius 2 is 2.02 bits per heavy atom. The minimum Gasteiger partial charge on any atom is -0.476 e. The lowest BCUT2D eigenvalue weighted by Crippen LogP contribution is -2.30. The number of hydrogen-bond acceptors (Lipinski definition) is 11. The summed E-state index contributed by atoms with van der Waals surface area (Å²) in [6.07, 6.45) is 8.00. The third kappa shape index (κ3) is 7.05. The number of unbranched alkanes of at least 4 members (excludes halogenated alkanes) is 1. The van der Waals surface area contributed by atoms with Crippen molar-refractivity contribution in [1.29, 1.82) is 5.26 Å². The first-order valence-corrected chi connectivity index (χ1v) is 17.3. The molecule has 1 fully saturated rings. The van der Waals surface area contributed by atoms with Crippen LogP contribution in [0.25, 0.3) is 22.8 Å². The molecule has 1 aromatic carbocycles. The molecule has 12 heteroatoms. The summed E-state index contributed by atoms with van der Waals surface area (Å²) < 4.78 is 19.4. The van der Waals surface area contributed by atoms with E-state index in [1.807, 2.05) is 31.3 Å². The van der Waals surface area contributed by atoms with Gasteiger partial charge in [-0.2, -0.15) is 10.2 Å². The van der Waals surface area contributed by atoms with Crippen LogP contribution in [0.5, 0.6) is 5.88 Å². The SMILES string of the molecule is CCCCc1c(-c2nc(OCC3CCCN3C)cc(N3Cc4ccn(CCCOC)c(=O)c4C3)n2)noc1-c1c(CC)ccc(N)c1C#N. The van der Waals surface area contributed by atoms with E-state index in [0.717, 1.165) is 60.9 Å². The number of benzene rings is 1. The highest BCUT2D eigenvalue weighted by Crippen LogP contribution is 2.39. The topological polar surface area (TPSA) is 149 Å². The molecule has 0 saturated carbocycles. The van der Waals surface area contributed by atoms with Gasteiger partial charge in [-0.3, -0.25) is 4.79 Å². The lowest BCUT2D eigenvalue weighted by atomic mass is 9.92. The van der Waals surface area contributed by atoms with Gasteiger partial charge in [-0.15, -0.1) is 0 Å². The number of rotatable bonds is 14. The summed E-state index contributed by atoms with van der Waals surface area (Å²) in [6.45, 7) is 7.86. The van der Waals surface area contributed by atoms with Crippen molar-refractivity contribution in [3.05, 3.63) is 68.6 Å². The number of nitrogens with two attached hydrogens (primary N) is 1. The van der Waals surface area contributed by atoms with Crippen molar-refractivity contribution in [2.24, 2.45) is 0 Å². The van der Waals surface area contributed by atoms with Crippen LogP contribution in [0.2, 0.25) is 0 Å². The van der Waals surface area contributed by atoms with E-state index in [4.69, 9.17) is 29.7 Å². The van der Waals surface area contributed by atoms with Crippen molar-refractivity contribution < 1.29 is 14.0 Å². The van der Waals surface area contributed by atoms with Crippen molar-refractivity contribution in [2.75, 3.05) is 44.5 Å². The number of nitriles is 1. The van der Waals surface area contributed by atoms with Crippen LogP contribution in [0.3, 0.4) is 0 Å². The molecular weight excluding hydrogens is 620 g/mol. The lowest BCUT2D eigenvalue weighted by Gasteiger charge is -2.21. The molecule has 0 amide bonds. The molecule has 1 unspecified atom stereocenters. The largest absolute Gasteiger partial charge is 0.476 e. The van der Waals surface area contributed by atoms with Crippen LogP contribution in [0.1, 0.15) is 73.8 Å². The molecule has 258 valence electrons. The number of methoxy groups -OCH3 is 1. The maximum absolute atomic E-state index is 13.5. The first-order valence-electron chi connectivity index (χ1n) is 17.3. The monoisotopic (exact) mass is 666 g/mol. The first kappa shape index (κ1) is 34.1. The van der Waals surface area contributed by atoms with Gasteiger partial charge in [0.1, 0.15) is 18.5 Å². The first-order chi connectivity index (χ1) is 23.9. The van der Waals surface area contributed by atoms with Crippen LogP contribution in [0, 0.1) is 11.3 Å². The van der Waals surface area contributed by atoms with E-state index in [0.29, 0.717) is 97.5 Å². The fourth-order valence-corrected chi connectivity index (χ4v) is 6.88. The summed E-state index contributed by atoms with van der Waals surface area (Å²) in [5, 5.41) is 14.7. The molecule has 2 N–H and O–H groups in total. The Hall–Kier alpha value is -4.73. The number of nitrogens with zero attached hydrogens (tertiary/aromatic N) is 7. The highest BCUT2D eigenvalue weighted by molar-refractivity contribution is 5.81. The maximum atomic E-state index is 13.5. The van der Waals surface area contributed by atoms with Crippen LogP contribution >= 0.6 is 0 Å². The van der Waals surface area contributed by atoms with Gasteiger partial charge in [0.15, 0.2) is 17.3 Å². The summed E-state index contributed by atoms with van der Waals surface area (Å²) in [5.74, 6) is 1.98. The minimum atomic E-state index is 0.0104. The molecular formula is C37H46N8O4. The summed E-state index contributed by atoms with van der Waals surface area (Å²) in [4.78, 5) is 27.8. The molecule has 1 saturated heterocycles. The molecule has 0 bridgehead atoms. The summed E-state index contributed by atoms with van der Waals surface area (Å²) >= 11 is 0. The number of anilines is 2. The predicted molar refractivity (Wildman–Crippen MR) is 188 cm³/mol. The van der Waals surface area contributed by atoms with Gasteiger partial charge >= 0.3 is 0 Å². The number of likely N-dealkylation sites (N-methyl/N-ethyl adjacent to an activating group) is 1. The smallest absolute Gasteiger partial charge is 0.255 e. The highest BCUT2D eigenvalue weighted by Gasteiger charge is 2.29. The number of aryl methyl sites for hydroxylation is 2. The Balaban J connectivity index is 1.42. The number of likely N-dealkylation sites (tertiary alicyclic amines) is 1. The minimum absolute atomic E-state index is 0.0104. The summed E-state index contributed by atoms with van der Waals surface area (Å²) in [6, 6.07) is 10.2. The van der Waals surface area contributed by atoms with E-state index in [-0.39, 0.29) is 5.56 Å². The summed E-state index contributed by atoms with van der Waals surface area (Å²) in [5.41, 5.74) is 11.8. The molecule has 0 spiro atoms. The molecule has 49 heavy (non-hydrogen) atoms. The number of nitrogen functional groups attached to an aromatic ring is 1. The molecule has 3 aromatic heterocycles. The number of pyridine rings is 1. The van der Waals surface area contributed by atoms with Crippen molar-refractivity contribution in [3.8, 4) is 34.8 Å². The van der Waals surface area contributed by atoms with E-state index in [9.17, 15) is 10.1 Å². The number of ether oxygens (including phenoxy) is 2. The fourth-order valence-electron chi connectivity index (χ4n) is 6.88. The second kappa shape index (κ2) is 15.2. The Labute approximate surface area is 287 Å². The highest BCUT2D eigenvalue weighted by atomic mass is 16.5. The van der Waals surface area contributed by atoms with E-state index in [2.05, 4.69) is 35.0 Å². The zero-order chi connectivity index (χ0) is 34.5. The standard InChI is InChI=1S/C37H46N8O4/c1-5-7-11-27-34(42-49-35(27)33-24(6-2)12-13-30(39)28(33)20-38)36-40-31(19-32(41-36)48-23-26-10-8-15-43(26)3)45-21-25-14-17-44(16-9-18-47-4)37(46)29(25)22-45/h12-14,17,19,26H,5-11,15-16,18,21-23,39H2,1-4H3. The van der Waals surface area contributed by atoms with Crippen molar-refractivity contribution >= 4 is 11.5 Å². The molecule has 12 nitrogen and oxygen atoms in total. The van der Waals surface area contributed by atoms with Gasteiger partial charge < -0.3 is 34.1 Å². The van der Waals surface area contributed by atoms with Gasteiger partial charge in [0, 0.05) is 61.8 Å². The third-order valence-electron chi connectivity index (χ3n) is 9.75. The molecule has 6 rings (SSSR count). The van der Waals surface area contributed by atoms with Crippen molar-refractivity contribution in [3.63, 3.8) is 0 Å². The normalized spacial score (nSPS) is 15.9. The van der Waals surface area contributed by atoms with E-state index in [1.54, 1.807) is 17.7 Å². The molecule has 0 radical (unpaired) electrons. The van der Waals surface area contributed by atoms with Crippen molar-refractivity contribution in [1.82, 2.24) is 24.6 Å².